The zero-order valence-corrected chi connectivity index (χ0v) is 19.1. The summed E-state index contributed by atoms with van der Waals surface area (Å²) in [5.74, 6) is -0.305. The van der Waals surface area contributed by atoms with Gasteiger partial charge in [0.2, 0.25) is 0 Å². The van der Waals surface area contributed by atoms with Crippen molar-refractivity contribution in [2.24, 2.45) is 0 Å². The lowest BCUT2D eigenvalue weighted by Crippen LogP contribution is -2.42. The van der Waals surface area contributed by atoms with Crippen LogP contribution >= 0.6 is 0 Å². The van der Waals surface area contributed by atoms with E-state index in [1.54, 1.807) is 0 Å². The number of para-hydroxylation sites is 1. The quantitative estimate of drug-likeness (QED) is 0.481. The third kappa shape index (κ3) is 6.66. The van der Waals surface area contributed by atoms with Gasteiger partial charge in [0.15, 0.2) is 0 Å². The Morgan fingerprint density at radius 1 is 0.824 bits per heavy atom. The van der Waals surface area contributed by atoms with Gasteiger partial charge in [-0.05, 0) is 28.8 Å². The fourth-order valence-electron chi connectivity index (χ4n) is 3.92. The van der Waals surface area contributed by atoms with Crippen LogP contribution in [0.1, 0.15) is 22.7 Å². The summed E-state index contributed by atoms with van der Waals surface area (Å²) in [7, 11) is 0. The van der Waals surface area contributed by atoms with Crippen LogP contribution in [0, 0.1) is 0 Å². The van der Waals surface area contributed by atoms with Crippen molar-refractivity contribution in [1.82, 2.24) is 15.5 Å². The Morgan fingerprint density at radius 3 is 2.15 bits per heavy atom. The van der Waals surface area contributed by atoms with Gasteiger partial charge in [-0.2, -0.15) is 0 Å². The van der Waals surface area contributed by atoms with E-state index >= 15 is 0 Å². The fourth-order valence-corrected chi connectivity index (χ4v) is 3.92. The highest BCUT2D eigenvalue weighted by Gasteiger charge is 2.23. The van der Waals surface area contributed by atoms with Crippen molar-refractivity contribution in [2.45, 2.75) is 19.1 Å². The molecular weight excluding hydrogens is 428 g/mol. The summed E-state index contributed by atoms with van der Waals surface area (Å²) in [5.41, 5.74) is 3.60. The maximum Gasteiger partial charge on any atom is 0.315 e. The summed E-state index contributed by atoms with van der Waals surface area (Å²) in [4.78, 5) is 28.2. The molecule has 1 aliphatic rings. The van der Waals surface area contributed by atoms with Crippen molar-refractivity contribution in [3.63, 3.8) is 0 Å². The smallest absolute Gasteiger partial charge is 0.315 e. The van der Waals surface area contributed by atoms with E-state index in [0.717, 1.165) is 38.4 Å². The van der Waals surface area contributed by atoms with Gasteiger partial charge in [-0.1, -0.05) is 72.8 Å². The minimum absolute atomic E-state index is 0.305. The highest BCUT2D eigenvalue weighted by atomic mass is 16.5. The monoisotopic (exact) mass is 458 g/mol. The number of amides is 3. The lowest BCUT2D eigenvalue weighted by Gasteiger charge is -2.27. The molecule has 1 atom stereocenters. The van der Waals surface area contributed by atoms with Gasteiger partial charge >= 0.3 is 6.03 Å². The van der Waals surface area contributed by atoms with Gasteiger partial charge < -0.3 is 20.7 Å². The van der Waals surface area contributed by atoms with E-state index < -0.39 is 12.1 Å². The Morgan fingerprint density at radius 2 is 1.44 bits per heavy atom. The average molecular weight is 459 g/mol. The highest BCUT2D eigenvalue weighted by Crippen LogP contribution is 2.17. The van der Waals surface area contributed by atoms with Crippen LogP contribution in [0.25, 0.3) is 0 Å². The maximum absolute atomic E-state index is 13.0. The summed E-state index contributed by atoms with van der Waals surface area (Å²) >= 11 is 0. The molecule has 176 valence electrons. The highest BCUT2D eigenvalue weighted by molar-refractivity contribution is 5.97. The third-order valence-electron chi connectivity index (χ3n) is 5.77. The Bertz CT molecular complexity index is 1070. The molecule has 1 fully saturated rings. The van der Waals surface area contributed by atoms with E-state index in [1.165, 1.54) is 5.56 Å². The number of benzene rings is 3. The number of rotatable bonds is 8. The first-order valence-corrected chi connectivity index (χ1v) is 11.5. The van der Waals surface area contributed by atoms with E-state index in [-0.39, 0.29) is 5.91 Å². The molecule has 0 spiro atoms. The number of urea groups is 1. The number of morpholine rings is 1. The van der Waals surface area contributed by atoms with Gasteiger partial charge in [0, 0.05) is 31.9 Å². The van der Waals surface area contributed by atoms with Crippen molar-refractivity contribution < 1.29 is 14.3 Å². The molecule has 3 amide bonds. The fraction of sp³-hybridized carbons (Fsp3) is 0.259. The second-order valence-corrected chi connectivity index (χ2v) is 8.18. The molecule has 1 unspecified atom stereocenters. The topological polar surface area (TPSA) is 82.7 Å². The van der Waals surface area contributed by atoms with E-state index in [9.17, 15) is 9.59 Å². The molecule has 0 bridgehead atoms. The van der Waals surface area contributed by atoms with Gasteiger partial charge in [0.25, 0.3) is 5.91 Å². The minimum Gasteiger partial charge on any atom is -0.379 e. The van der Waals surface area contributed by atoms with Crippen molar-refractivity contribution in [3.05, 3.63) is 102 Å². The molecule has 7 heteroatoms. The number of ether oxygens (including phenoxy) is 1. The lowest BCUT2D eigenvalue weighted by molar-refractivity contribution is -0.118. The predicted molar refractivity (Wildman–Crippen MR) is 132 cm³/mol. The van der Waals surface area contributed by atoms with Crippen LogP contribution in [0.5, 0.6) is 0 Å². The van der Waals surface area contributed by atoms with Crippen LogP contribution < -0.4 is 16.0 Å². The van der Waals surface area contributed by atoms with Crippen molar-refractivity contribution in [1.29, 1.82) is 0 Å². The first kappa shape index (κ1) is 23.5. The van der Waals surface area contributed by atoms with Crippen molar-refractivity contribution >= 4 is 17.6 Å². The molecule has 0 saturated carbocycles. The van der Waals surface area contributed by atoms with E-state index in [4.69, 9.17) is 4.74 Å². The second-order valence-electron chi connectivity index (χ2n) is 8.18. The number of hydrogen-bond acceptors (Lipinski definition) is 4. The molecule has 0 aliphatic carbocycles. The zero-order chi connectivity index (χ0) is 23.6. The first-order valence-electron chi connectivity index (χ1n) is 11.5. The van der Waals surface area contributed by atoms with Gasteiger partial charge in [-0.15, -0.1) is 0 Å². The van der Waals surface area contributed by atoms with Crippen molar-refractivity contribution in [2.75, 3.05) is 31.6 Å². The molecule has 3 N–H and O–H groups in total. The van der Waals surface area contributed by atoms with Crippen LogP contribution in [0.2, 0.25) is 0 Å². The lowest BCUT2D eigenvalue weighted by atomic mass is 10.1. The molecule has 1 aliphatic heterocycles. The van der Waals surface area contributed by atoms with E-state index in [2.05, 4.69) is 26.9 Å². The number of anilines is 1. The second kappa shape index (κ2) is 12.0. The van der Waals surface area contributed by atoms with E-state index in [1.807, 2.05) is 78.9 Å². The van der Waals surface area contributed by atoms with Gasteiger partial charge in [-0.25, -0.2) is 4.79 Å². The SMILES string of the molecule is O=C(NCc1ccccc1CN1CCOCC1)NC(C(=O)Nc1ccccc1)c1ccccc1. The Balaban J connectivity index is 1.40. The molecule has 0 radical (unpaired) electrons. The Kier molecular flexibility index (Phi) is 8.27. The number of nitrogens with one attached hydrogen (secondary N) is 3. The van der Waals surface area contributed by atoms with Crippen LogP contribution in [0.3, 0.4) is 0 Å². The molecule has 34 heavy (non-hydrogen) atoms. The van der Waals surface area contributed by atoms with Crippen molar-refractivity contribution in [3.8, 4) is 0 Å². The number of nitrogens with zero attached hydrogens (tertiary/aromatic N) is 1. The Hall–Kier alpha value is -3.68. The van der Waals surface area contributed by atoms with Crippen LogP contribution in [0.15, 0.2) is 84.9 Å². The molecule has 1 saturated heterocycles. The first-order chi connectivity index (χ1) is 16.7. The number of carbonyl (C=O) groups excluding carboxylic acids is 2. The molecule has 3 aromatic carbocycles. The number of carbonyl (C=O) groups is 2. The van der Waals surface area contributed by atoms with Crippen LogP contribution in [-0.4, -0.2) is 43.1 Å². The summed E-state index contributed by atoms with van der Waals surface area (Å²) in [6.07, 6.45) is 0. The maximum atomic E-state index is 13.0. The number of hydrogen-bond donors (Lipinski definition) is 3. The molecule has 7 nitrogen and oxygen atoms in total. The molecule has 1 heterocycles. The predicted octanol–water partition coefficient (Wildman–Crippen LogP) is 3.70. The Labute approximate surface area is 200 Å². The van der Waals surface area contributed by atoms with Gasteiger partial charge in [-0.3, -0.25) is 9.69 Å². The largest absolute Gasteiger partial charge is 0.379 e. The summed E-state index contributed by atoms with van der Waals surface area (Å²) in [6.45, 7) is 4.47. The van der Waals surface area contributed by atoms with E-state index in [0.29, 0.717) is 17.8 Å². The zero-order valence-electron chi connectivity index (χ0n) is 19.1. The van der Waals surface area contributed by atoms with Crippen LogP contribution in [-0.2, 0) is 22.6 Å². The van der Waals surface area contributed by atoms with Crippen LogP contribution in [0.4, 0.5) is 10.5 Å². The molecule has 0 aromatic heterocycles. The molecular formula is C27H30N4O3. The molecule has 3 aromatic rings. The average Bonchev–Trinajstić information content (AvgIpc) is 2.88. The van der Waals surface area contributed by atoms with Gasteiger partial charge in [0.1, 0.15) is 6.04 Å². The third-order valence-corrected chi connectivity index (χ3v) is 5.77. The molecule has 4 rings (SSSR count). The standard InChI is InChI=1S/C27H30N4O3/c32-26(29-24-13-5-2-6-14-24)25(21-9-3-1-4-10-21)30-27(33)28-19-22-11-7-8-12-23(22)20-31-15-17-34-18-16-31/h1-14,25H,15-20H2,(H,29,32)(H2,28,30,33). The minimum atomic E-state index is -0.829. The summed E-state index contributed by atoms with van der Waals surface area (Å²) in [5, 5.41) is 8.63. The summed E-state index contributed by atoms with van der Waals surface area (Å²) in [6, 6.07) is 25.3. The normalized spacial score (nSPS) is 14.7. The summed E-state index contributed by atoms with van der Waals surface area (Å²) < 4.78 is 5.44. The van der Waals surface area contributed by atoms with Gasteiger partial charge in [0.05, 0.1) is 13.2 Å².